The summed E-state index contributed by atoms with van der Waals surface area (Å²) in [6.07, 6.45) is 0. The minimum absolute atomic E-state index is 0.00461. The number of aryl methyl sites for hydroxylation is 1. The van der Waals surface area contributed by atoms with Crippen LogP contribution in [-0.2, 0) is 6.54 Å². The fraction of sp³-hybridized carbons (Fsp3) is 0.267. The normalized spacial score (nSPS) is 10.4. The maximum atomic E-state index is 11.2. The van der Waals surface area contributed by atoms with Gasteiger partial charge in [0.1, 0.15) is 0 Å². The first-order valence-electron chi connectivity index (χ1n) is 6.73. The highest BCUT2D eigenvalue weighted by atomic mass is 16.6. The van der Waals surface area contributed by atoms with E-state index in [-0.39, 0.29) is 5.69 Å². The number of anilines is 1. The Bertz CT molecular complexity index is 616. The first-order valence-corrected chi connectivity index (χ1v) is 6.73. The fourth-order valence-corrected chi connectivity index (χ4v) is 2.13. The molecule has 0 aliphatic carbocycles. The highest BCUT2D eigenvalue weighted by Gasteiger charge is 2.21. The van der Waals surface area contributed by atoms with Crippen LogP contribution >= 0.6 is 0 Å². The molecule has 6 nitrogen and oxygen atoms in total. The molecule has 0 amide bonds. The summed E-state index contributed by atoms with van der Waals surface area (Å²) in [6.45, 7) is 3.26. The van der Waals surface area contributed by atoms with Gasteiger partial charge < -0.3 is 10.6 Å². The van der Waals surface area contributed by atoms with E-state index in [1.54, 1.807) is 6.07 Å². The van der Waals surface area contributed by atoms with E-state index in [1.165, 1.54) is 6.07 Å². The number of nitrogens with zero attached hydrogens (tertiary/aromatic N) is 3. The molecule has 1 aromatic carbocycles. The van der Waals surface area contributed by atoms with Crippen LogP contribution in [0.3, 0.4) is 0 Å². The number of hydrogen-bond acceptors (Lipinski definition) is 5. The van der Waals surface area contributed by atoms with Gasteiger partial charge in [0.15, 0.2) is 0 Å². The van der Waals surface area contributed by atoms with Crippen molar-refractivity contribution in [1.82, 2.24) is 4.98 Å². The second kappa shape index (κ2) is 6.81. The molecule has 0 fully saturated rings. The lowest BCUT2D eigenvalue weighted by Crippen LogP contribution is -2.30. The standard InChI is InChI=1S/C15H18N4O2/c1-12-7-8-14(19(20)21)15(17-12)18(10-9-16)11-13-5-3-2-4-6-13/h2-8H,9-11,16H2,1H3. The summed E-state index contributed by atoms with van der Waals surface area (Å²) in [4.78, 5) is 17.0. The summed E-state index contributed by atoms with van der Waals surface area (Å²) in [7, 11) is 0. The first kappa shape index (κ1) is 14.9. The molecule has 1 heterocycles. The van der Waals surface area contributed by atoms with Crippen molar-refractivity contribution in [1.29, 1.82) is 0 Å². The summed E-state index contributed by atoms with van der Waals surface area (Å²) >= 11 is 0. The Labute approximate surface area is 123 Å². The topological polar surface area (TPSA) is 85.3 Å². The lowest BCUT2D eigenvalue weighted by molar-refractivity contribution is -0.384. The predicted octanol–water partition coefficient (Wildman–Crippen LogP) is 2.26. The number of nitro groups is 1. The number of benzene rings is 1. The monoisotopic (exact) mass is 286 g/mol. The average molecular weight is 286 g/mol. The van der Waals surface area contributed by atoms with Crippen molar-refractivity contribution in [3.05, 3.63) is 63.8 Å². The molecular weight excluding hydrogens is 268 g/mol. The number of pyridine rings is 1. The van der Waals surface area contributed by atoms with Gasteiger partial charge in [0, 0.05) is 31.4 Å². The van der Waals surface area contributed by atoms with Gasteiger partial charge in [0.2, 0.25) is 5.82 Å². The van der Waals surface area contributed by atoms with Crippen LogP contribution in [0.5, 0.6) is 0 Å². The quantitative estimate of drug-likeness (QED) is 0.650. The molecule has 0 saturated carbocycles. The molecule has 0 radical (unpaired) electrons. The average Bonchev–Trinajstić information content (AvgIpc) is 2.47. The second-order valence-corrected chi connectivity index (χ2v) is 4.75. The van der Waals surface area contributed by atoms with E-state index in [1.807, 2.05) is 42.2 Å². The van der Waals surface area contributed by atoms with E-state index in [2.05, 4.69) is 4.98 Å². The van der Waals surface area contributed by atoms with Gasteiger partial charge in [-0.05, 0) is 18.6 Å². The Balaban J connectivity index is 2.37. The Hall–Kier alpha value is -2.47. The van der Waals surface area contributed by atoms with Crippen LogP contribution in [-0.4, -0.2) is 23.0 Å². The third-order valence-electron chi connectivity index (χ3n) is 3.11. The zero-order valence-electron chi connectivity index (χ0n) is 11.9. The van der Waals surface area contributed by atoms with Crippen LogP contribution in [0.4, 0.5) is 11.5 Å². The van der Waals surface area contributed by atoms with E-state index in [0.717, 1.165) is 11.3 Å². The van der Waals surface area contributed by atoms with Gasteiger partial charge in [-0.15, -0.1) is 0 Å². The fourth-order valence-electron chi connectivity index (χ4n) is 2.13. The predicted molar refractivity (Wildman–Crippen MR) is 82.2 cm³/mol. The van der Waals surface area contributed by atoms with Gasteiger partial charge in [-0.1, -0.05) is 30.3 Å². The van der Waals surface area contributed by atoms with Crippen molar-refractivity contribution in [3.8, 4) is 0 Å². The molecule has 1 aromatic heterocycles. The summed E-state index contributed by atoms with van der Waals surface area (Å²) < 4.78 is 0. The third kappa shape index (κ3) is 3.76. The van der Waals surface area contributed by atoms with Crippen LogP contribution in [0.25, 0.3) is 0 Å². The minimum Gasteiger partial charge on any atom is -0.345 e. The number of nitrogens with two attached hydrogens (primary N) is 1. The molecule has 0 spiro atoms. The van der Waals surface area contributed by atoms with Gasteiger partial charge in [-0.3, -0.25) is 10.1 Å². The van der Waals surface area contributed by atoms with Crippen molar-refractivity contribution >= 4 is 11.5 Å². The molecule has 0 atom stereocenters. The van der Waals surface area contributed by atoms with E-state index in [0.29, 0.717) is 25.5 Å². The number of aromatic nitrogens is 1. The number of hydrogen-bond donors (Lipinski definition) is 1. The SMILES string of the molecule is Cc1ccc([N+](=O)[O-])c(N(CCN)Cc2ccccc2)n1. The maximum absolute atomic E-state index is 11.2. The van der Waals surface area contributed by atoms with Gasteiger partial charge in [-0.2, -0.15) is 0 Å². The lowest BCUT2D eigenvalue weighted by Gasteiger charge is -2.23. The molecule has 0 aliphatic heterocycles. The maximum Gasteiger partial charge on any atom is 0.311 e. The summed E-state index contributed by atoms with van der Waals surface area (Å²) in [5, 5.41) is 11.2. The van der Waals surface area contributed by atoms with Crippen molar-refractivity contribution in [2.24, 2.45) is 5.73 Å². The van der Waals surface area contributed by atoms with E-state index >= 15 is 0 Å². The van der Waals surface area contributed by atoms with Crippen LogP contribution in [0.2, 0.25) is 0 Å². The van der Waals surface area contributed by atoms with Crippen LogP contribution in [0, 0.1) is 17.0 Å². The van der Waals surface area contributed by atoms with Crippen LogP contribution in [0.15, 0.2) is 42.5 Å². The van der Waals surface area contributed by atoms with Crippen molar-refractivity contribution in [2.75, 3.05) is 18.0 Å². The van der Waals surface area contributed by atoms with Crippen molar-refractivity contribution in [2.45, 2.75) is 13.5 Å². The molecule has 0 saturated heterocycles. The van der Waals surface area contributed by atoms with Crippen LogP contribution in [0.1, 0.15) is 11.3 Å². The number of rotatable bonds is 6. The summed E-state index contributed by atoms with van der Waals surface area (Å²) in [6, 6.07) is 12.9. The zero-order chi connectivity index (χ0) is 15.2. The first-order chi connectivity index (χ1) is 10.1. The third-order valence-corrected chi connectivity index (χ3v) is 3.11. The molecule has 110 valence electrons. The molecule has 21 heavy (non-hydrogen) atoms. The molecule has 2 aromatic rings. The van der Waals surface area contributed by atoms with Gasteiger partial charge in [-0.25, -0.2) is 4.98 Å². The Morgan fingerprint density at radius 3 is 2.57 bits per heavy atom. The van der Waals surface area contributed by atoms with Gasteiger partial charge in [0.25, 0.3) is 0 Å². The second-order valence-electron chi connectivity index (χ2n) is 4.75. The van der Waals surface area contributed by atoms with Crippen molar-refractivity contribution in [3.63, 3.8) is 0 Å². The minimum atomic E-state index is -0.406. The van der Waals surface area contributed by atoms with E-state index in [9.17, 15) is 10.1 Å². The molecule has 6 heteroatoms. The largest absolute Gasteiger partial charge is 0.345 e. The molecular formula is C15H18N4O2. The van der Waals surface area contributed by atoms with E-state index < -0.39 is 4.92 Å². The van der Waals surface area contributed by atoms with Crippen LogP contribution < -0.4 is 10.6 Å². The Morgan fingerprint density at radius 2 is 1.95 bits per heavy atom. The highest BCUT2D eigenvalue weighted by Crippen LogP contribution is 2.27. The molecule has 0 bridgehead atoms. The summed E-state index contributed by atoms with van der Waals surface area (Å²) in [5.41, 5.74) is 7.45. The Kier molecular flexibility index (Phi) is 4.84. The molecule has 2 N–H and O–H groups in total. The zero-order valence-corrected chi connectivity index (χ0v) is 11.9. The molecule has 0 aliphatic rings. The van der Waals surface area contributed by atoms with Gasteiger partial charge in [0.05, 0.1) is 4.92 Å². The summed E-state index contributed by atoms with van der Waals surface area (Å²) in [5.74, 6) is 0.370. The van der Waals surface area contributed by atoms with E-state index in [4.69, 9.17) is 5.73 Å². The molecule has 2 rings (SSSR count). The van der Waals surface area contributed by atoms with Crippen molar-refractivity contribution < 1.29 is 4.92 Å². The van der Waals surface area contributed by atoms with Gasteiger partial charge >= 0.3 is 5.69 Å². The highest BCUT2D eigenvalue weighted by molar-refractivity contribution is 5.58. The smallest absolute Gasteiger partial charge is 0.311 e. The Morgan fingerprint density at radius 1 is 1.24 bits per heavy atom. The molecule has 0 unspecified atom stereocenters. The lowest BCUT2D eigenvalue weighted by atomic mass is 10.2.